The van der Waals surface area contributed by atoms with Gasteiger partial charge in [0.15, 0.2) is 5.96 Å². The van der Waals surface area contributed by atoms with Crippen LogP contribution in [0.5, 0.6) is 0 Å². The number of nitrogens with two attached hydrogens (primary N) is 3. The molecule has 2 aromatic heterocycles. The number of aromatic amines is 2. The highest BCUT2D eigenvalue weighted by Gasteiger charge is 2.30. The molecule has 56 heavy (non-hydrogen) atoms. The smallest absolute Gasteiger partial charge is 0.270 e. The lowest BCUT2D eigenvalue weighted by molar-refractivity contribution is -0.133. The number of aromatic nitrogens is 3. The van der Waals surface area contributed by atoms with Crippen LogP contribution >= 0.6 is 0 Å². The second-order valence-corrected chi connectivity index (χ2v) is 13.7. The van der Waals surface area contributed by atoms with E-state index in [1.54, 1.807) is 30.5 Å². The summed E-state index contributed by atoms with van der Waals surface area (Å²) in [6.45, 7) is 3.36. The zero-order valence-electron chi connectivity index (χ0n) is 31.3. The fourth-order valence-electron chi connectivity index (χ4n) is 5.97. The number of rotatable bonds is 21. The minimum atomic E-state index is -1.16. The van der Waals surface area contributed by atoms with Crippen molar-refractivity contribution in [2.75, 3.05) is 13.1 Å². The van der Waals surface area contributed by atoms with E-state index in [1.165, 1.54) is 12.5 Å². The first kappa shape index (κ1) is 42.0. The predicted octanol–water partition coefficient (Wildman–Crippen LogP) is -0.370. The van der Waals surface area contributed by atoms with E-state index >= 15 is 0 Å². The van der Waals surface area contributed by atoms with Gasteiger partial charge < -0.3 is 53.8 Å². The molecule has 6 amide bonds. The first-order valence-corrected chi connectivity index (χ1v) is 18.2. The van der Waals surface area contributed by atoms with Gasteiger partial charge in [-0.2, -0.15) is 0 Å². The summed E-state index contributed by atoms with van der Waals surface area (Å²) in [7, 11) is 0. The quantitative estimate of drug-likeness (QED) is 0.0300. The molecule has 298 valence electrons. The monoisotopic (exact) mass is 770 g/mol. The van der Waals surface area contributed by atoms with Crippen LogP contribution in [-0.4, -0.2) is 93.6 Å². The van der Waals surface area contributed by atoms with Gasteiger partial charge in [-0.3, -0.25) is 33.8 Å². The Bertz CT molecular complexity index is 1970. The van der Waals surface area contributed by atoms with Crippen LogP contribution in [0.3, 0.4) is 0 Å². The van der Waals surface area contributed by atoms with E-state index in [0.29, 0.717) is 0 Å². The van der Waals surface area contributed by atoms with Crippen LogP contribution in [0.2, 0.25) is 0 Å². The molecule has 0 aliphatic rings. The molecule has 0 saturated heterocycles. The lowest BCUT2D eigenvalue weighted by atomic mass is 10.0. The number of benzene rings is 2. The van der Waals surface area contributed by atoms with E-state index in [9.17, 15) is 28.8 Å². The highest BCUT2D eigenvalue weighted by atomic mass is 16.2. The minimum absolute atomic E-state index is 0.0712. The van der Waals surface area contributed by atoms with Crippen LogP contribution in [0.4, 0.5) is 0 Å². The van der Waals surface area contributed by atoms with Gasteiger partial charge in [0.05, 0.1) is 19.1 Å². The summed E-state index contributed by atoms with van der Waals surface area (Å²) in [5.74, 6) is -4.19. The number of aliphatic imine (C=N–C) groups is 1. The lowest BCUT2D eigenvalue weighted by Crippen LogP contribution is -2.57. The van der Waals surface area contributed by atoms with E-state index in [4.69, 9.17) is 17.2 Å². The van der Waals surface area contributed by atoms with Crippen molar-refractivity contribution in [1.82, 2.24) is 41.5 Å². The number of nitrogens with zero attached hydrogens (tertiary/aromatic N) is 2. The molecule has 18 heteroatoms. The third-order valence-electron chi connectivity index (χ3n) is 8.77. The van der Waals surface area contributed by atoms with Gasteiger partial charge >= 0.3 is 0 Å². The molecule has 0 spiro atoms. The number of primary amides is 1. The normalized spacial score (nSPS) is 13.1. The maximum absolute atomic E-state index is 13.8. The van der Waals surface area contributed by atoms with Gasteiger partial charge in [-0.05, 0) is 42.4 Å². The van der Waals surface area contributed by atoms with E-state index in [-0.39, 0.29) is 56.2 Å². The highest BCUT2D eigenvalue weighted by molar-refractivity contribution is 5.98. The third-order valence-corrected chi connectivity index (χ3v) is 8.77. The first-order chi connectivity index (χ1) is 26.8. The number of hydrogen-bond acceptors (Lipinski definition) is 8. The molecule has 18 nitrogen and oxygen atoms in total. The van der Waals surface area contributed by atoms with E-state index in [2.05, 4.69) is 46.5 Å². The highest BCUT2D eigenvalue weighted by Crippen LogP contribution is 2.19. The van der Waals surface area contributed by atoms with E-state index in [0.717, 1.165) is 22.0 Å². The molecule has 4 rings (SSSR count). The van der Waals surface area contributed by atoms with Gasteiger partial charge in [0.2, 0.25) is 29.5 Å². The molecule has 0 bridgehead atoms. The molecular weight excluding hydrogens is 720 g/mol. The molecule has 4 aromatic rings. The number of fused-ring (bicyclic) bond motifs is 1. The van der Waals surface area contributed by atoms with Gasteiger partial charge in [0.1, 0.15) is 29.9 Å². The molecule has 0 aliphatic carbocycles. The number of amides is 6. The largest absolute Gasteiger partial charge is 0.370 e. The van der Waals surface area contributed by atoms with E-state index < -0.39 is 66.2 Å². The average molecular weight is 771 g/mol. The fourth-order valence-corrected chi connectivity index (χ4v) is 5.97. The molecule has 2 heterocycles. The van der Waals surface area contributed by atoms with Gasteiger partial charge in [0.25, 0.3) is 5.91 Å². The Morgan fingerprint density at radius 3 is 2.14 bits per heavy atom. The summed E-state index contributed by atoms with van der Waals surface area (Å²) in [4.78, 5) is 92.9. The number of para-hydroxylation sites is 1. The predicted molar refractivity (Wildman–Crippen MR) is 209 cm³/mol. The van der Waals surface area contributed by atoms with Crippen LogP contribution in [0.1, 0.15) is 54.7 Å². The number of H-pyrrole nitrogens is 2. The Kier molecular flexibility index (Phi) is 15.5. The van der Waals surface area contributed by atoms with Crippen molar-refractivity contribution in [3.63, 3.8) is 0 Å². The lowest BCUT2D eigenvalue weighted by Gasteiger charge is -2.25. The Labute approximate surface area is 323 Å². The van der Waals surface area contributed by atoms with Crippen LogP contribution in [0.15, 0.2) is 78.3 Å². The van der Waals surface area contributed by atoms with Crippen molar-refractivity contribution in [3.8, 4) is 0 Å². The average Bonchev–Trinajstić information content (AvgIpc) is 3.85. The molecule has 0 radical (unpaired) electrons. The zero-order valence-corrected chi connectivity index (χ0v) is 31.3. The van der Waals surface area contributed by atoms with Crippen molar-refractivity contribution >= 4 is 52.3 Å². The van der Waals surface area contributed by atoms with Crippen LogP contribution < -0.4 is 43.8 Å². The molecule has 0 saturated carbocycles. The Morgan fingerprint density at radius 1 is 0.768 bits per heavy atom. The van der Waals surface area contributed by atoms with Crippen LogP contribution in [-0.2, 0) is 36.8 Å². The Hall–Kier alpha value is -6.72. The number of nitrogens with one attached hydrogen (secondary N) is 7. The van der Waals surface area contributed by atoms with E-state index in [1.807, 2.05) is 44.2 Å². The number of carbonyl (C=O) groups is 6. The maximum atomic E-state index is 13.8. The fraction of sp³-hybridized carbons (Fsp3) is 0.368. The summed E-state index contributed by atoms with van der Waals surface area (Å²) >= 11 is 0. The van der Waals surface area contributed by atoms with Gasteiger partial charge in [-0.1, -0.05) is 62.4 Å². The zero-order chi connectivity index (χ0) is 40.6. The van der Waals surface area contributed by atoms with Crippen molar-refractivity contribution in [2.45, 2.75) is 70.1 Å². The van der Waals surface area contributed by atoms with Crippen molar-refractivity contribution in [3.05, 3.63) is 90.1 Å². The number of guanidine groups is 1. The SMILES string of the molecule is CC(C)C[C@H](NC(=O)CNC(=O)[C@H](Cc1ccccc1)NC(=O)c1cnc[nH]1)C(=O)N[C@@H](CCCN=C(N)N)C(=O)N[C@@H](Cc1c[nH]c2ccccc12)C(N)=O. The summed E-state index contributed by atoms with van der Waals surface area (Å²) in [5, 5.41) is 14.1. The van der Waals surface area contributed by atoms with Crippen molar-refractivity contribution in [1.29, 1.82) is 0 Å². The summed E-state index contributed by atoms with van der Waals surface area (Å²) in [5.41, 5.74) is 19.2. The van der Waals surface area contributed by atoms with Crippen molar-refractivity contribution < 1.29 is 28.8 Å². The van der Waals surface area contributed by atoms with Crippen LogP contribution in [0.25, 0.3) is 10.9 Å². The molecule has 0 aliphatic heterocycles. The number of hydrogen-bond donors (Lipinski definition) is 10. The standard InChI is InChI=1S/C38H50N12O6/c1-22(2)15-29(47-32(51)20-45-34(53)30(16-23-9-4-3-5-10-23)50-37(56)31-19-42-21-46-31)36(55)48-27(13-8-14-43-38(40)41)35(54)49-28(33(39)52)17-24-18-44-26-12-7-6-11-25(24)26/h3-7,9-12,18-19,21-22,27-30,44H,8,13-17,20H2,1-2H3,(H2,39,52)(H,42,46)(H,45,53)(H,47,51)(H,48,55)(H,49,54)(H,50,56)(H4,40,41,43)/t27-,28-,29-,30-/m0/s1. The number of carbonyl (C=O) groups excluding carboxylic acids is 6. The summed E-state index contributed by atoms with van der Waals surface area (Å²) in [6.07, 6.45) is 5.18. The first-order valence-electron chi connectivity index (χ1n) is 18.2. The Balaban J connectivity index is 1.43. The molecule has 0 unspecified atom stereocenters. The summed E-state index contributed by atoms with van der Waals surface area (Å²) < 4.78 is 0. The minimum Gasteiger partial charge on any atom is -0.370 e. The molecule has 0 fully saturated rings. The van der Waals surface area contributed by atoms with Crippen LogP contribution in [0, 0.1) is 5.92 Å². The summed E-state index contributed by atoms with van der Waals surface area (Å²) in [6, 6.07) is 12.1. The Morgan fingerprint density at radius 2 is 1.46 bits per heavy atom. The second-order valence-electron chi connectivity index (χ2n) is 13.7. The van der Waals surface area contributed by atoms with Crippen molar-refractivity contribution in [2.24, 2.45) is 28.1 Å². The maximum Gasteiger partial charge on any atom is 0.270 e. The molecule has 2 aromatic carbocycles. The number of imidazole rings is 1. The molecular formula is C38H50N12O6. The van der Waals surface area contributed by atoms with Gasteiger partial charge in [0, 0.05) is 36.5 Å². The molecule has 13 N–H and O–H groups in total. The third kappa shape index (κ3) is 13.0. The molecule has 4 atom stereocenters. The topological polar surface area (TPSA) is 297 Å². The van der Waals surface area contributed by atoms with Gasteiger partial charge in [-0.25, -0.2) is 4.98 Å². The van der Waals surface area contributed by atoms with Gasteiger partial charge in [-0.15, -0.1) is 0 Å². The second kappa shape index (κ2) is 20.7.